The molecule has 0 heterocycles. The first-order valence-electron chi connectivity index (χ1n) is 5.41. The zero-order valence-corrected chi connectivity index (χ0v) is 9.23. The van der Waals surface area contributed by atoms with Crippen LogP contribution >= 0.6 is 0 Å². The molecule has 2 N–H and O–H groups in total. The van der Waals surface area contributed by atoms with Gasteiger partial charge in [0.15, 0.2) is 0 Å². The zero-order valence-electron chi connectivity index (χ0n) is 9.23. The number of benzene rings is 2. The van der Waals surface area contributed by atoms with Crippen LogP contribution in [0, 0.1) is 0 Å². The van der Waals surface area contributed by atoms with Crippen LogP contribution < -0.4 is 5.73 Å². The van der Waals surface area contributed by atoms with Crippen LogP contribution in [0.3, 0.4) is 0 Å². The number of carbonyl (C=O) groups is 1. The molecule has 1 aliphatic rings. The van der Waals surface area contributed by atoms with Crippen LogP contribution in [-0.2, 0) is 0 Å². The number of primary amides is 1. The molecule has 82 valence electrons. The summed E-state index contributed by atoms with van der Waals surface area (Å²) in [6.45, 7) is 4.09. The van der Waals surface area contributed by atoms with Crippen LogP contribution in [-0.4, -0.2) is 5.91 Å². The van der Waals surface area contributed by atoms with Crippen molar-refractivity contribution in [3.63, 3.8) is 0 Å². The maximum Gasteiger partial charge on any atom is 0.248 e. The van der Waals surface area contributed by atoms with Crippen molar-refractivity contribution >= 4 is 11.5 Å². The summed E-state index contributed by atoms with van der Waals surface area (Å²) < 4.78 is 0. The fourth-order valence-corrected chi connectivity index (χ4v) is 2.31. The lowest BCUT2D eigenvalue weighted by Crippen LogP contribution is -2.10. The molecule has 0 radical (unpaired) electrons. The molecule has 0 bridgehead atoms. The Balaban J connectivity index is 2.28. The highest BCUT2D eigenvalue weighted by Crippen LogP contribution is 2.43. The van der Waals surface area contributed by atoms with Crippen molar-refractivity contribution in [3.05, 3.63) is 65.7 Å². The summed E-state index contributed by atoms with van der Waals surface area (Å²) >= 11 is 0. The Morgan fingerprint density at radius 1 is 0.941 bits per heavy atom. The fourth-order valence-electron chi connectivity index (χ4n) is 2.31. The molecular formula is C15H11NO. The first kappa shape index (κ1) is 9.85. The minimum atomic E-state index is -0.406. The Kier molecular flexibility index (Phi) is 1.92. The Morgan fingerprint density at radius 3 is 2.29 bits per heavy atom. The van der Waals surface area contributed by atoms with Gasteiger partial charge in [-0.2, -0.15) is 0 Å². The summed E-state index contributed by atoms with van der Waals surface area (Å²) in [5.74, 6) is -0.406. The third-order valence-corrected chi connectivity index (χ3v) is 3.17. The van der Waals surface area contributed by atoms with E-state index in [1.807, 2.05) is 30.3 Å². The maximum absolute atomic E-state index is 11.2. The van der Waals surface area contributed by atoms with Crippen molar-refractivity contribution < 1.29 is 4.79 Å². The first-order valence-corrected chi connectivity index (χ1v) is 5.41. The summed E-state index contributed by atoms with van der Waals surface area (Å²) in [4.78, 5) is 11.2. The van der Waals surface area contributed by atoms with Gasteiger partial charge in [-0.3, -0.25) is 4.79 Å². The molecule has 0 unspecified atom stereocenters. The molecule has 0 aliphatic heterocycles. The number of hydrogen-bond acceptors (Lipinski definition) is 1. The van der Waals surface area contributed by atoms with E-state index in [1.165, 1.54) is 5.56 Å². The SMILES string of the molecule is C=C1c2ccccc2-c2ccc(C(N)=O)cc21. The Bertz CT molecular complexity index is 656. The number of hydrogen-bond donors (Lipinski definition) is 1. The fraction of sp³-hybridized carbons (Fsp3) is 0. The van der Waals surface area contributed by atoms with E-state index < -0.39 is 5.91 Å². The topological polar surface area (TPSA) is 43.1 Å². The molecule has 1 aliphatic carbocycles. The van der Waals surface area contributed by atoms with E-state index >= 15 is 0 Å². The summed E-state index contributed by atoms with van der Waals surface area (Å²) in [6.07, 6.45) is 0. The van der Waals surface area contributed by atoms with Crippen LogP contribution in [0.1, 0.15) is 21.5 Å². The molecule has 3 rings (SSSR count). The smallest absolute Gasteiger partial charge is 0.248 e. The average molecular weight is 221 g/mol. The molecule has 0 fully saturated rings. The highest BCUT2D eigenvalue weighted by atomic mass is 16.1. The zero-order chi connectivity index (χ0) is 12.0. The average Bonchev–Trinajstić information content (AvgIpc) is 2.64. The predicted molar refractivity (Wildman–Crippen MR) is 68.5 cm³/mol. The molecule has 0 aromatic heterocycles. The van der Waals surface area contributed by atoms with Crippen molar-refractivity contribution in [1.82, 2.24) is 0 Å². The Morgan fingerprint density at radius 2 is 1.59 bits per heavy atom. The second-order valence-corrected chi connectivity index (χ2v) is 4.15. The van der Waals surface area contributed by atoms with Gasteiger partial charge in [0.25, 0.3) is 0 Å². The third-order valence-electron chi connectivity index (χ3n) is 3.17. The van der Waals surface area contributed by atoms with Crippen LogP contribution in [0.4, 0.5) is 0 Å². The Labute approximate surface area is 99.4 Å². The molecule has 2 heteroatoms. The van der Waals surface area contributed by atoms with E-state index in [-0.39, 0.29) is 0 Å². The van der Waals surface area contributed by atoms with Gasteiger partial charge in [0.1, 0.15) is 0 Å². The highest BCUT2D eigenvalue weighted by molar-refractivity contribution is 6.03. The van der Waals surface area contributed by atoms with E-state index in [0.29, 0.717) is 5.56 Å². The van der Waals surface area contributed by atoms with Crippen molar-refractivity contribution in [2.45, 2.75) is 0 Å². The second kappa shape index (κ2) is 3.32. The van der Waals surface area contributed by atoms with E-state index in [4.69, 9.17) is 5.73 Å². The molecule has 2 nitrogen and oxygen atoms in total. The monoisotopic (exact) mass is 221 g/mol. The van der Waals surface area contributed by atoms with Gasteiger partial charge in [0, 0.05) is 5.56 Å². The van der Waals surface area contributed by atoms with E-state index in [0.717, 1.165) is 22.3 Å². The van der Waals surface area contributed by atoms with Crippen LogP contribution in [0.5, 0.6) is 0 Å². The summed E-state index contributed by atoms with van der Waals surface area (Å²) in [6, 6.07) is 13.6. The lowest BCUT2D eigenvalue weighted by Gasteiger charge is -2.02. The normalized spacial score (nSPS) is 12.1. The lowest BCUT2D eigenvalue weighted by atomic mass is 10.0. The van der Waals surface area contributed by atoms with Gasteiger partial charge in [-0.1, -0.05) is 36.9 Å². The van der Waals surface area contributed by atoms with Gasteiger partial charge in [-0.05, 0) is 40.0 Å². The van der Waals surface area contributed by atoms with E-state index in [9.17, 15) is 4.79 Å². The molecule has 17 heavy (non-hydrogen) atoms. The highest BCUT2D eigenvalue weighted by Gasteiger charge is 2.21. The molecule has 2 aromatic carbocycles. The van der Waals surface area contributed by atoms with Crippen molar-refractivity contribution in [2.75, 3.05) is 0 Å². The van der Waals surface area contributed by atoms with Gasteiger partial charge in [0.2, 0.25) is 5.91 Å². The number of fused-ring (bicyclic) bond motifs is 3. The van der Waals surface area contributed by atoms with Crippen molar-refractivity contribution in [1.29, 1.82) is 0 Å². The quantitative estimate of drug-likeness (QED) is 0.674. The number of amides is 1. The summed E-state index contributed by atoms with van der Waals surface area (Å²) in [5, 5.41) is 0. The number of rotatable bonds is 1. The molecule has 2 aromatic rings. The lowest BCUT2D eigenvalue weighted by molar-refractivity contribution is 0.100. The van der Waals surface area contributed by atoms with Crippen molar-refractivity contribution in [2.24, 2.45) is 5.73 Å². The summed E-state index contributed by atoms with van der Waals surface area (Å²) in [5.41, 5.74) is 11.2. The molecule has 0 saturated carbocycles. The summed E-state index contributed by atoms with van der Waals surface area (Å²) in [7, 11) is 0. The Hall–Kier alpha value is -2.35. The largest absolute Gasteiger partial charge is 0.366 e. The van der Waals surface area contributed by atoms with Crippen molar-refractivity contribution in [3.8, 4) is 11.1 Å². The van der Waals surface area contributed by atoms with E-state index in [2.05, 4.69) is 12.6 Å². The minimum Gasteiger partial charge on any atom is -0.366 e. The number of nitrogens with two attached hydrogens (primary N) is 1. The van der Waals surface area contributed by atoms with Crippen LogP contribution in [0.2, 0.25) is 0 Å². The van der Waals surface area contributed by atoms with Crippen LogP contribution in [0.25, 0.3) is 16.7 Å². The predicted octanol–water partition coefficient (Wildman–Crippen LogP) is 2.83. The van der Waals surface area contributed by atoms with Gasteiger partial charge >= 0.3 is 0 Å². The third kappa shape index (κ3) is 1.31. The first-order chi connectivity index (χ1) is 8.18. The minimum absolute atomic E-state index is 0.406. The second-order valence-electron chi connectivity index (χ2n) is 4.15. The standard InChI is InChI=1S/C15H11NO/c1-9-11-4-2-3-5-12(11)13-7-6-10(15(16)17)8-14(9)13/h2-8H,1H2,(H2,16,17). The van der Waals surface area contributed by atoms with Gasteiger partial charge in [-0.25, -0.2) is 0 Å². The molecule has 0 saturated heterocycles. The number of carbonyl (C=O) groups excluding carboxylic acids is 1. The van der Waals surface area contributed by atoms with E-state index in [1.54, 1.807) is 6.07 Å². The van der Waals surface area contributed by atoms with Gasteiger partial charge in [-0.15, -0.1) is 0 Å². The molecule has 1 amide bonds. The molecular weight excluding hydrogens is 210 g/mol. The van der Waals surface area contributed by atoms with Gasteiger partial charge in [0.05, 0.1) is 0 Å². The molecule has 0 atom stereocenters. The molecule has 0 spiro atoms. The maximum atomic E-state index is 11.2. The van der Waals surface area contributed by atoms with Crippen LogP contribution in [0.15, 0.2) is 49.0 Å². The van der Waals surface area contributed by atoms with Gasteiger partial charge < -0.3 is 5.73 Å².